The molecule has 16 heteroatoms. The number of nitro groups is 2. The summed E-state index contributed by atoms with van der Waals surface area (Å²) < 4.78 is 20.6. The number of nitro benzene ring substituents is 2. The van der Waals surface area contributed by atoms with Crippen LogP contribution in [0, 0.1) is 38.0 Å². The Hall–Kier alpha value is -7.01. The van der Waals surface area contributed by atoms with Gasteiger partial charge in [0.2, 0.25) is 11.7 Å². The van der Waals surface area contributed by atoms with Crippen LogP contribution in [0.15, 0.2) is 127 Å². The van der Waals surface area contributed by atoms with Gasteiger partial charge in [0.15, 0.2) is 0 Å². The van der Waals surface area contributed by atoms with E-state index in [0.717, 1.165) is 30.3 Å². The molecule has 1 aliphatic heterocycles. The van der Waals surface area contributed by atoms with Crippen molar-refractivity contribution in [1.29, 1.82) is 0 Å². The molecule has 2 N–H and O–H groups in total. The Balaban J connectivity index is 1.38. The molecule has 4 aromatic rings. The highest BCUT2D eigenvalue weighted by Gasteiger charge is 2.65. The Bertz CT molecular complexity index is 2520. The molecule has 1 fully saturated rings. The maximum Gasteiger partial charge on any atom is 0.269 e. The van der Waals surface area contributed by atoms with Crippen molar-refractivity contribution in [2.75, 3.05) is 26.9 Å². The minimum Gasteiger partial charge on any atom is -0.459 e. The van der Waals surface area contributed by atoms with E-state index in [1.54, 1.807) is 78.7 Å². The Morgan fingerprint density at radius 3 is 2.27 bits per heavy atom. The number of aliphatic hydroxyl groups is 2. The summed E-state index contributed by atoms with van der Waals surface area (Å²) in [7, 11) is 1.66. The van der Waals surface area contributed by atoms with Crippen LogP contribution >= 0.6 is 0 Å². The highest BCUT2D eigenvalue weighted by atomic mass is 16.7. The van der Waals surface area contributed by atoms with Gasteiger partial charge in [-0.1, -0.05) is 42.3 Å². The number of carbonyl (C=O) groups excluding carboxylic acids is 2. The molecule has 0 spiro atoms. The molecule has 6 unspecified atom stereocenters. The number of non-ortho nitro benzene ring substituents is 2. The number of oxime groups is 1. The summed E-state index contributed by atoms with van der Waals surface area (Å²) >= 11 is 0. The van der Waals surface area contributed by atoms with Gasteiger partial charge in [0.1, 0.15) is 36.2 Å². The highest BCUT2D eigenvalue weighted by molar-refractivity contribution is 6.03. The van der Waals surface area contributed by atoms with E-state index in [1.165, 1.54) is 30.3 Å². The number of fused-ring (bicyclic) bond motifs is 2. The fourth-order valence-corrected chi connectivity index (χ4v) is 9.62. The zero-order valence-corrected chi connectivity index (χ0v) is 37.2. The number of hydrogen-bond acceptors (Lipinski definition) is 13. The first-order chi connectivity index (χ1) is 32.5. The van der Waals surface area contributed by atoms with Gasteiger partial charge in [0.05, 0.1) is 28.1 Å². The van der Waals surface area contributed by atoms with Crippen LogP contribution in [-0.2, 0) is 21.0 Å². The first-order valence-corrected chi connectivity index (χ1v) is 22.4. The number of hydrogen-bond donors (Lipinski definition) is 2. The lowest BCUT2D eigenvalue weighted by Gasteiger charge is -2.59. The Morgan fingerprint density at radius 1 is 0.910 bits per heavy atom. The number of allylic oxidation sites excluding steroid dienone is 1. The van der Waals surface area contributed by atoms with Crippen molar-refractivity contribution in [3.8, 4) is 17.2 Å². The Morgan fingerprint density at radius 2 is 1.60 bits per heavy atom. The Kier molecular flexibility index (Phi) is 15.7. The number of unbranched alkanes of at least 4 members (excludes halogenated alkanes) is 2. The lowest BCUT2D eigenvalue weighted by molar-refractivity contribution is -0.385. The summed E-state index contributed by atoms with van der Waals surface area (Å²) in [6, 6.07) is 23.4. The zero-order chi connectivity index (χ0) is 47.5. The van der Waals surface area contributed by atoms with Crippen LogP contribution in [0.4, 0.5) is 11.4 Å². The first kappa shape index (κ1) is 47.9. The lowest BCUT2D eigenvalue weighted by atomic mass is 9.55. The summed E-state index contributed by atoms with van der Waals surface area (Å²) in [4.78, 5) is 55.4. The van der Waals surface area contributed by atoms with Crippen molar-refractivity contribution in [2.45, 2.75) is 69.3 Å². The predicted molar refractivity (Wildman–Crippen MR) is 250 cm³/mol. The first-order valence-electron chi connectivity index (χ1n) is 22.4. The van der Waals surface area contributed by atoms with Gasteiger partial charge in [-0.3, -0.25) is 29.8 Å². The normalized spacial score (nSPS) is 22.2. The molecule has 3 aliphatic rings. The molecule has 0 aromatic heterocycles. The molecule has 1 heterocycles. The minimum atomic E-state index is -1.54. The van der Waals surface area contributed by atoms with Gasteiger partial charge >= 0.3 is 0 Å². The third kappa shape index (κ3) is 10.8. The fourth-order valence-electron chi connectivity index (χ4n) is 9.62. The molecule has 4 aromatic carbocycles. The van der Waals surface area contributed by atoms with Crippen LogP contribution in [0.3, 0.4) is 0 Å². The van der Waals surface area contributed by atoms with Gasteiger partial charge in [0, 0.05) is 74.1 Å². The monoisotopic (exact) mass is 914 g/mol. The van der Waals surface area contributed by atoms with Crippen LogP contribution in [0.1, 0.15) is 77.9 Å². The quantitative estimate of drug-likeness (QED) is 0.0189. The fraction of sp³-hybridized carbons (Fsp3) is 0.353. The molecular formula is C51H54N4O12. The van der Waals surface area contributed by atoms with Gasteiger partial charge in [-0.05, 0) is 115 Å². The van der Waals surface area contributed by atoms with Crippen molar-refractivity contribution in [3.05, 3.63) is 164 Å². The van der Waals surface area contributed by atoms with Gasteiger partial charge < -0.3 is 34.2 Å². The summed E-state index contributed by atoms with van der Waals surface area (Å²) in [5, 5.41) is 47.3. The van der Waals surface area contributed by atoms with Gasteiger partial charge in [0.25, 0.3) is 11.4 Å². The average Bonchev–Trinajstić information content (AvgIpc) is 3.34. The molecular weight excluding hydrogens is 861 g/mol. The number of amides is 1. The number of ether oxygens (including phenoxy) is 3. The van der Waals surface area contributed by atoms with Crippen LogP contribution in [0.5, 0.6) is 17.2 Å². The smallest absolute Gasteiger partial charge is 0.269 e. The van der Waals surface area contributed by atoms with E-state index in [2.05, 4.69) is 12.7 Å². The Labute approximate surface area is 388 Å². The van der Waals surface area contributed by atoms with Crippen LogP contribution in [0.2, 0.25) is 0 Å². The second kappa shape index (κ2) is 22.0. The topological polar surface area (TPSA) is 213 Å². The molecule has 0 bridgehead atoms. The van der Waals surface area contributed by atoms with E-state index >= 15 is 0 Å². The molecule has 1 amide bonds. The molecule has 350 valence electrons. The van der Waals surface area contributed by atoms with Crippen molar-refractivity contribution in [3.63, 3.8) is 0 Å². The summed E-state index contributed by atoms with van der Waals surface area (Å²) in [5.74, 6) is -1.53. The maximum atomic E-state index is 14.4. The van der Waals surface area contributed by atoms with E-state index in [4.69, 9.17) is 24.2 Å². The van der Waals surface area contributed by atoms with E-state index in [1.807, 2.05) is 12.1 Å². The number of benzene rings is 4. The largest absolute Gasteiger partial charge is 0.459 e. The number of aliphatic hydroxyl groups excluding tert-OH is 2. The molecule has 16 nitrogen and oxygen atoms in total. The van der Waals surface area contributed by atoms with E-state index in [0.29, 0.717) is 65.3 Å². The number of nitrogens with zero attached hydrogens (tertiary/aromatic N) is 4. The minimum absolute atomic E-state index is 0.00651. The molecule has 6 atom stereocenters. The highest BCUT2D eigenvalue weighted by Crippen LogP contribution is 2.62. The third-order valence-corrected chi connectivity index (χ3v) is 12.8. The number of likely N-dealkylation sites (N-methyl/N-ethyl adjacent to an activating group) is 1. The van der Waals surface area contributed by atoms with Crippen molar-refractivity contribution in [2.24, 2.45) is 22.9 Å². The molecule has 2 aliphatic carbocycles. The standard InChI is InChI=1S/C51H54N4O12/c1-3-27-64-51-47(53(2)48(59)24-17-34-13-18-38(19-14-34)54(60)61)31-45(52-65-33-35-15-20-39(21-16-35)55(62)63)43-29-37(10-4-6-25-56)42(12-5-7-26-57)49(50(43)51)44-30-41(22-23-46(44)67-51)66-40-11-8-9-36(28-40)32-58/h3,8-9,11,13-24,28-30,32,37,42,47,49-50,56-57H,1,4-7,10,12,25-27,31,33H2,2H3. The third-order valence-electron chi connectivity index (χ3n) is 12.8. The van der Waals surface area contributed by atoms with Crippen molar-refractivity contribution < 1.29 is 48.7 Å². The van der Waals surface area contributed by atoms with Crippen molar-refractivity contribution >= 4 is 35.4 Å². The van der Waals surface area contributed by atoms with Crippen LogP contribution in [0.25, 0.3) is 6.08 Å². The molecule has 0 saturated heterocycles. The molecule has 0 radical (unpaired) electrons. The van der Waals surface area contributed by atoms with Crippen molar-refractivity contribution in [1.82, 2.24) is 4.90 Å². The maximum absolute atomic E-state index is 14.4. The van der Waals surface area contributed by atoms with Gasteiger partial charge in [-0.2, -0.15) is 0 Å². The number of carbonyl (C=O) groups is 2. The van der Waals surface area contributed by atoms with Crippen LogP contribution in [-0.4, -0.2) is 81.6 Å². The van der Waals surface area contributed by atoms with E-state index in [-0.39, 0.29) is 62.0 Å². The van der Waals surface area contributed by atoms with E-state index < -0.39 is 33.5 Å². The second-order valence-electron chi connectivity index (χ2n) is 16.9. The second-order valence-corrected chi connectivity index (χ2v) is 16.9. The van der Waals surface area contributed by atoms with Crippen LogP contribution < -0.4 is 9.47 Å². The zero-order valence-electron chi connectivity index (χ0n) is 37.2. The molecule has 67 heavy (non-hydrogen) atoms. The SMILES string of the molecule is C=CCOC12Oc3ccc(Oc4cccc(C=O)c4)cc3C3C(CCCCO)C(CCCCO)C=C(C(=NOCc4ccc([N+](=O)[O-])cc4)CC1N(C)C(=O)C=Cc1ccc([N+](=O)[O-])cc1)C32. The summed E-state index contributed by atoms with van der Waals surface area (Å²) in [6.45, 7) is 4.07. The summed E-state index contributed by atoms with van der Waals surface area (Å²) in [5.41, 5.74) is 3.72. The average molecular weight is 915 g/mol. The molecule has 7 rings (SSSR count). The lowest BCUT2D eigenvalue weighted by Crippen LogP contribution is -2.69. The number of rotatable bonds is 22. The molecule has 1 saturated carbocycles. The predicted octanol–water partition coefficient (Wildman–Crippen LogP) is 9.11. The van der Waals surface area contributed by atoms with Gasteiger partial charge in [-0.25, -0.2) is 0 Å². The number of aldehydes is 1. The van der Waals surface area contributed by atoms with E-state index in [9.17, 15) is 40.0 Å². The van der Waals surface area contributed by atoms with Gasteiger partial charge in [-0.15, -0.1) is 6.58 Å². The summed E-state index contributed by atoms with van der Waals surface area (Å²) in [6.07, 6.45) is 11.7.